The molecular weight excluding hydrogens is 406 g/mol. The van der Waals surface area contributed by atoms with E-state index in [0.717, 1.165) is 38.9 Å². The van der Waals surface area contributed by atoms with Crippen molar-refractivity contribution >= 4 is 39.3 Å². The zero-order valence-corrected chi connectivity index (χ0v) is 17.0. The van der Waals surface area contributed by atoms with Gasteiger partial charge in [0.25, 0.3) is 0 Å². The van der Waals surface area contributed by atoms with Gasteiger partial charge in [-0.3, -0.25) is 9.48 Å². The van der Waals surface area contributed by atoms with Crippen LogP contribution in [0.15, 0.2) is 61.1 Å². The molecular formula is C23H19N7O2. The van der Waals surface area contributed by atoms with Crippen molar-refractivity contribution in [2.24, 2.45) is 0 Å². The summed E-state index contributed by atoms with van der Waals surface area (Å²) in [6, 6.07) is 15.4. The zero-order valence-electron chi connectivity index (χ0n) is 17.0. The molecule has 0 fully saturated rings. The Morgan fingerprint density at radius 2 is 1.94 bits per heavy atom. The SMILES string of the molecule is Nc1ncnc2c3c(n(-c4ccc(NC(=O)Cn5ncc6ccccc65)cc4)c12)COC3. The molecule has 5 aromatic rings. The molecule has 0 aliphatic carbocycles. The first-order valence-corrected chi connectivity index (χ1v) is 10.2. The number of fused-ring (bicyclic) bond motifs is 4. The highest BCUT2D eigenvalue weighted by atomic mass is 16.5. The van der Waals surface area contributed by atoms with E-state index in [9.17, 15) is 4.79 Å². The Morgan fingerprint density at radius 1 is 1.09 bits per heavy atom. The van der Waals surface area contributed by atoms with Gasteiger partial charge in [0.2, 0.25) is 5.91 Å². The minimum absolute atomic E-state index is 0.135. The molecule has 3 aromatic heterocycles. The zero-order chi connectivity index (χ0) is 21.7. The molecule has 32 heavy (non-hydrogen) atoms. The predicted octanol–water partition coefficient (Wildman–Crippen LogP) is 3.02. The Hall–Kier alpha value is -4.24. The van der Waals surface area contributed by atoms with Crippen LogP contribution < -0.4 is 11.1 Å². The Bertz CT molecular complexity index is 1480. The molecule has 0 bridgehead atoms. The first kappa shape index (κ1) is 18.5. The number of carbonyl (C=O) groups is 1. The number of benzene rings is 2. The largest absolute Gasteiger partial charge is 0.382 e. The molecule has 1 aliphatic rings. The van der Waals surface area contributed by atoms with Crippen LogP contribution in [0.25, 0.3) is 27.6 Å². The number of amides is 1. The monoisotopic (exact) mass is 425 g/mol. The summed E-state index contributed by atoms with van der Waals surface area (Å²) in [6.45, 7) is 1.13. The lowest BCUT2D eigenvalue weighted by Gasteiger charge is -2.12. The number of nitrogens with zero attached hydrogens (tertiary/aromatic N) is 5. The number of anilines is 2. The fourth-order valence-electron chi connectivity index (χ4n) is 4.26. The predicted molar refractivity (Wildman–Crippen MR) is 120 cm³/mol. The average molecular weight is 425 g/mol. The molecule has 0 spiro atoms. The second-order valence-electron chi connectivity index (χ2n) is 7.67. The molecule has 6 rings (SSSR count). The number of nitrogens with one attached hydrogen (secondary N) is 1. The van der Waals surface area contributed by atoms with E-state index in [1.165, 1.54) is 6.33 Å². The highest BCUT2D eigenvalue weighted by molar-refractivity contribution is 5.93. The first-order valence-electron chi connectivity index (χ1n) is 10.2. The molecule has 0 saturated carbocycles. The van der Waals surface area contributed by atoms with E-state index < -0.39 is 0 Å². The van der Waals surface area contributed by atoms with Crippen molar-refractivity contribution in [1.82, 2.24) is 24.3 Å². The second kappa shape index (κ2) is 7.17. The summed E-state index contributed by atoms with van der Waals surface area (Å²) in [4.78, 5) is 21.2. The van der Waals surface area contributed by atoms with Crippen molar-refractivity contribution in [1.29, 1.82) is 0 Å². The quantitative estimate of drug-likeness (QED) is 0.458. The van der Waals surface area contributed by atoms with Crippen LogP contribution in [0.4, 0.5) is 11.5 Å². The van der Waals surface area contributed by atoms with Crippen LogP contribution in [0.2, 0.25) is 0 Å². The minimum Gasteiger partial charge on any atom is -0.382 e. The molecule has 0 radical (unpaired) electrons. The van der Waals surface area contributed by atoms with Crippen LogP contribution in [0, 0.1) is 0 Å². The van der Waals surface area contributed by atoms with Crippen molar-refractivity contribution in [2.45, 2.75) is 19.8 Å². The fraction of sp³-hybridized carbons (Fsp3) is 0.130. The highest BCUT2D eigenvalue weighted by Gasteiger charge is 2.25. The number of aromatic nitrogens is 5. The Morgan fingerprint density at radius 3 is 2.81 bits per heavy atom. The Balaban J connectivity index is 1.27. The topological polar surface area (TPSA) is 113 Å². The summed E-state index contributed by atoms with van der Waals surface area (Å²) < 4.78 is 9.36. The molecule has 1 aliphatic heterocycles. The number of nitrogen functional groups attached to an aromatic ring is 1. The van der Waals surface area contributed by atoms with E-state index in [1.807, 2.05) is 53.1 Å². The molecule has 158 valence electrons. The first-order chi connectivity index (χ1) is 15.7. The molecule has 0 atom stereocenters. The average Bonchev–Trinajstić information content (AvgIpc) is 3.50. The number of nitrogens with two attached hydrogens (primary N) is 1. The van der Waals surface area contributed by atoms with Crippen LogP contribution in [0.3, 0.4) is 0 Å². The number of para-hydroxylation sites is 1. The van der Waals surface area contributed by atoms with Crippen molar-refractivity contribution in [3.8, 4) is 5.69 Å². The highest BCUT2D eigenvalue weighted by Crippen LogP contribution is 2.35. The van der Waals surface area contributed by atoms with Gasteiger partial charge in [0.15, 0.2) is 5.82 Å². The summed E-state index contributed by atoms with van der Waals surface area (Å²) in [5, 5.41) is 8.25. The van der Waals surface area contributed by atoms with Gasteiger partial charge in [-0.2, -0.15) is 5.10 Å². The van der Waals surface area contributed by atoms with Gasteiger partial charge in [0.05, 0.1) is 30.6 Å². The molecule has 2 aromatic carbocycles. The smallest absolute Gasteiger partial charge is 0.246 e. The van der Waals surface area contributed by atoms with Gasteiger partial charge in [-0.1, -0.05) is 18.2 Å². The van der Waals surface area contributed by atoms with Crippen molar-refractivity contribution < 1.29 is 9.53 Å². The van der Waals surface area contributed by atoms with Gasteiger partial charge >= 0.3 is 0 Å². The number of rotatable bonds is 4. The van der Waals surface area contributed by atoms with E-state index in [0.29, 0.717) is 24.7 Å². The maximum Gasteiger partial charge on any atom is 0.246 e. The van der Waals surface area contributed by atoms with Crippen LogP contribution in [-0.4, -0.2) is 30.2 Å². The number of hydrogen-bond acceptors (Lipinski definition) is 6. The van der Waals surface area contributed by atoms with E-state index >= 15 is 0 Å². The van der Waals surface area contributed by atoms with Crippen LogP contribution >= 0.6 is 0 Å². The van der Waals surface area contributed by atoms with Crippen molar-refractivity contribution in [2.75, 3.05) is 11.1 Å². The van der Waals surface area contributed by atoms with Gasteiger partial charge in [-0.05, 0) is 30.3 Å². The lowest BCUT2D eigenvalue weighted by molar-refractivity contribution is -0.116. The summed E-state index contributed by atoms with van der Waals surface area (Å²) in [5.74, 6) is 0.276. The normalized spacial score (nSPS) is 13.0. The number of carbonyl (C=O) groups excluding carboxylic acids is 1. The summed E-state index contributed by atoms with van der Waals surface area (Å²) in [6.07, 6.45) is 3.23. The van der Waals surface area contributed by atoms with Gasteiger partial charge in [0.1, 0.15) is 23.9 Å². The summed E-state index contributed by atoms with van der Waals surface area (Å²) in [7, 11) is 0. The van der Waals surface area contributed by atoms with E-state index in [1.54, 1.807) is 10.9 Å². The minimum atomic E-state index is -0.148. The standard InChI is InChI=1S/C23H19N7O2/c24-23-22-21(25-13-26-23)17-11-32-12-19(17)30(22)16-7-5-15(6-8-16)28-20(31)10-29-18-4-2-1-3-14(18)9-27-29/h1-9,13H,10-12H2,(H,28,31)(H2,24,25,26). The van der Waals surface area contributed by atoms with Gasteiger partial charge in [0, 0.05) is 22.3 Å². The summed E-state index contributed by atoms with van der Waals surface area (Å²) in [5.41, 5.74) is 12.4. The van der Waals surface area contributed by atoms with Gasteiger partial charge < -0.3 is 20.4 Å². The van der Waals surface area contributed by atoms with E-state index in [2.05, 4.69) is 20.4 Å². The molecule has 3 N–H and O–H groups in total. The van der Waals surface area contributed by atoms with Crippen molar-refractivity contribution in [3.63, 3.8) is 0 Å². The van der Waals surface area contributed by atoms with Gasteiger partial charge in [-0.25, -0.2) is 9.97 Å². The van der Waals surface area contributed by atoms with Crippen LogP contribution in [-0.2, 0) is 29.3 Å². The third-order valence-electron chi connectivity index (χ3n) is 5.72. The maximum atomic E-state index is 12.6. The molecule has 1 amide bonds. The van der Waals surface area contributed by atoms with Gasteiger partial charge in [-0.15, -0.1) is 0 Å². The third kappa shape index (κ3) is 2.90. The molecule has 0 unspecified atom stereocenters. The van der Waals surface area contributed by atoms with Crippen molar-refractivity contribution in [3.05, 3.63) is 72.3 Å². The Kier molecular flexibility index (Phi) is 4.15. The van der Waals surface area contributed by atoms with Crippen LogP contribution in [0.5, 0.6) is 0 Å². The Labute approximate surface area is 182 Å². The molecule has 4 heterocycles. The lowest BCUT2D eigenvalue weighted by Crippen LogP contribution is -2.19. The maximum absolute atomic E-state index is 12.6. The number of ether oxygens (including phenoxy) is 1. The second-order valence-corrected chi connectivity index (χ2v) is 7.67. The fourth-order valence-corrected chi connectivity index (χ4v) is 4.26. The molecule has 9 nitrogen and oxygen atoms in total. The molecule has 9 heteroatoms. The molecule has 0 saturated heterocycles. The van der Waals surface area contributed by atoms with E-state index in [4.69, 9.17) is 10.5 Å². The lowest BCUT2D eigenvalue weighted by atomic mass is 10.2. The number of hydrogen-bond donors (Lipinski definition) is 2. The third-order valence-corrected chi connectivity index (χ3v) is 5.72. The summed E-state index contributed by atoms with van der Waals surface area (Å²) >= 11 is 0. The van der Waals surface area contributed by atoms with E-state index in [-0.39, 0.29) is 12.5 Å². The van der Waals surface area contributed by atoms with Crippen LogP contribution in [0.1, 0.15) is 11.3 Å².